The molecule has 2 heterocycles. The summed E-state index contributed by atoms with van der Waals surface area (Å²) < 4.78 is 5.51. The standard InChI is InChI=1S/C19H20N4O3S/c20-10-13-7-9-27-19(13)23-17(24)12-21-16-6-2-1-5-15(16)18(25)22-11-14-4-3-8-26-14/h1-2,5-7,9,14,21H,3-4,8,11-12H2,(H,22,25)(H,23,24)/t14-/m0/s1. The molecule has 8 heteroatoms. The van der Waals surface area contributed by atoms with Crippen LogP contribution in [-0.2, 0) is 9.53 Å². The molecule has 0 unspecified atom stereocenters. The zero-order chi connectivity index (χ0) is 19.1. The van der Waals surface area contributed by atoms with Crippen LogP contribution in [0.4, 0.5) is 10.7 Å². The molecule has 0 saturated carbocycles. The topological polar surface area (TPSA) is 103 Å². The smallest absolute Gasteiger partial charge is 0.253 e. The molecule has 0 bridgehead atoms. The Hall–Kier alpha value is -2.89. The lowest BCUT2D eigenvalue weighted by Gasteiger charge is -2.14. The number of hydrogen-bond donors (Lipinski definition) is 3. The Bertz CT molecular complexity index is 853. The Balaban J connectivity index is 1.56. The Morgan fingerprint density at radius 2 is 2.15 bits per heavy atom. The molecule has 0 radical (unpaired) electrons. The number of amides is 2. The number of nitrogens with one attached hydrogen (secondary N) is 3. The summed E-state index contributed by atoms with van der Waals surface area (Å²) in [6, 6.07) is 10.7. The van der Waals surface area contributed by atoms with E-state index in [1.54, 1.807) is 35.7 Å². The van der Waals surface area contributed by atoms with Gasteiger partial charge >= 0.3 is 0 Å². The molecule has 3 rings (SSSR count). The number of benzene rings is 1. The van der Waals surface area contributed by atoms with Crippen LogP contribution in [0.5, 0.6) is 0 Å². The van der Waals surface area contributed by atoms with Gasteiger partial charge in [-0.05, 0) is 36.4 Å². The van der Waals surface area contributed by atoms with Crippen molar-refractivity contribution in [3.8, 4) is 6.07 Å². The zero-order valence-electron chi connectivity index (χ0n) is 14.7. The molecule has 2 aromatic rings. The van der Waals surface area contributed by atoms with Crippen LogP contribution >= 0.6 is 11.3 Å². The van der Waals surface area contributed by atoms with Crippen molar-refractivity contribution in [1.29, 1.82) is 5.26 Å². The molecule has 0 aliphatic carbocycles. The number of ether oxygens (including phenoxy) is 1. The largest absolute Gasteiger partial charge is 0.376 e. The quantitative estimate of drug-likeness (QED) is 0.681. The first-order chi connectivity index (χ1) is 13.2. The number of para-hydroxylation sites is 1. The summed E-state index contributed by atoms with van der Waals surface area (Å²) in [7, 11) is 0. The third-order valence-corrected chi connectivity index (χ3v) is 4.99. The van der Waals surface area contributed by atoms with Crippen molar-refractivity contribution in [3.05, 3.63) is 46.8 Å². The van der Waals surface area contributed by atoms with Gasteiger partial charge in [-0.3, -0.25) is 9.59 Å². The van der Waals surface area contributed by atoms with Gasteiger partial charge in [0, 0.05) is 18.8 Å². The van der Waals surface area contributed by atoms with E-state index >= 15 is 0 Å². The third kappa shape index (κ3) is 5.06. The molecule has 1 aromatic heterocycles. The van der Waals surface area contributed by atoms with Crippen molar-refractivity contribution in [2.75, 3.05) is 30.3 Å². The van der Waals surface area contributed by atoms with E-state index in [1.165, 1.54) is 11.3 Å². The summed E-state index contributed by atoms with van der Waals surface area (Å²) in [5, 5.41) is 19.8. The minimum Gasteiger partial charge on any atom is -0.376 e. The second kappa shape index (κ2) is 9.16. The minimum atomic E-state index is -0.288. The van der Waals surface area contributed by atoms with E-state index < -0.39 is 0 Å². The van der Waals surface area contributed by atoms with Crippen molar-refractivity contribution in [2.24, 2.45) is 0 Å². The highest BCUT2D eigenvalue weighted by Crippen LogP contribution is 2.22. The molecule has 1 aliphatic heterocycles. The summed E-state index contributed by atoms with van der Waals surface area (Å²) >= 11 is 1.29. The molecule has 140 valence electrons. The SMILES string of the molecule is N#Cc1ccsc1NC(=O)CNc1ccccc1C(=O)NC[C@@H]1CCCO1. The van der Waals surface area contributed by atoms with E-state index in [9.17, 15) is 9.59 Å². The van der Waals surface area contributed by atoms with Crippen LogP contribution < -0.4 is 16.0 Å². The zero-order valence-corrected chi connectivity index (χ0v) is 15.5. The summed E-state index contributed by atoms with van der Waals surface area (Å²) in [6.07, 6.45) is 2.04. The van der Waals surface area contributed by atoms with E-state index in [0.29, 0.717) is 28.4 Å². The average Bonchev–Trinajstić information content (AvgIpc) is 3.36. The maximum absolute atomic E-state index is 12.5. The van der Waals surface area contributed by atoms with E-state index in [4.69, 9.17) is 10.00 Å². The highest BCUT2D eigenvalue weighted by molar-refractivity contribution is 7.14. The lowest BCUT2D eigenvalue weighted by molar-refractivity contribution is -0.114. The molecule has 27 heavy (non-hydrogen) atoms. The van der Waals surface area contributed by atoms with Crippen LogP contribution in [0.1, 0.15) is 28.8 Å². The molecule has 1 aliphatic rings. The molecular weight excluding hydrogens is 364 g/mol. The predicted octanol–water partition coefficient (Wildman–Crippen LogP) is 2.58. The number of carbonyl (C=O) groups excluding carboxylic acids is 2. The molecule has 0 spiro atoms. The Morgan fingerprint density at radius 1 is 1.30 bits per heavy atom. The van der Waals surface area contributed by atoms with Gasteiger partial charge in [-0.2, -0.15) is 5.26 Å². The number of nitrogens with zero attached hydrogens (tertiary/aromatic N) is 1. The number of rotatable bonds is 7. The fraction of sp³-hybridized carbons (Fsp3) is 0.316. The highest BCUT2D eigenvalue weighted by atomic mass is 32.1. The normalized spacial score (nSPS) is 15.7. The van der Waals surface area contributed by atoms with Crippen molar-refractivity contribution in [2.45, 2.75) is 18.9 Å². The van der Waals surface area contributed by atoms with E-state index in [0.717, 1.165) is 19.4 Å². The summed E-state index contributed by atoms with van der Waals surface area (Å²) in [6.45, 7) is 1.20. The van der Waals surface area contributed by atoms with Gasteiger partial charge < -0.3 is 20.7 Å². The molecule has 2 amide bonds. The second-order valence-corrected chi connectivity index (χ2v) is 6.98. The summed E-state index contributed by atoms with van der Waals surface area (Å²) in [5.41, 5.74) is 1.48. The van der Waals surface area contributed by atoms with Gasteiger partial charge in [0.25, 0.3) is 5.91 Å². The minimum absolute atomic E-state index is 0.0151. The van der Waals surface area contributed by atoms with Crippen LogP contribution in [0.2, 0.25) is 0 Å². The second-order valence-electron chi connectivity index (χ2n) is 6.07. The fourth-order valence-electron chi connectivity index (χ4n) is 2.78. The summed E-state index contributed by atoms with van der Waals surface area (Å²) in [4.78, 5) is 24.6. The van der Waals surface area contributed by atoms with Gasteiger partial charge in [0.2, 0.25) is 5.91 Å². The summed E-state index contributed by atoms with van der Waals surface area (Å²) in [5.74, 6) is -0.498. The molecule has 1 fully saturated rings. The van der Waals surface area contributed by atoms with Crippen molar-refractivity contribution in [3.63, 3.8) is 0 Å². The monoisotopic (exact) mass is 384 g/mol. The first-order valence-corrected chi connectivity index (χ1v) is 9.55. The molecular formula is C19H20N4O3S. The van der Waals surface area contributed by atoms with E-state index in [-0.39, 0.29) is 24.5 Å². The lowest BCUT2D eigenvalue weighted by atomic mass is 10.1. The fourth-order valence-corrected chi connectivity index (χ4v) is 3.54. The Labute approximate surface area is 161 Å². The predicted molar refractivity (Wildman–Crippen MR) is 104 cm³/mol. The highest BCUT2D eigenvalue weighted by Gasteiger charge is 2.18. The molecule has 1 saturated heterocycles. The van der Waals surface area contributed by atoms with Crippen LogP contribution in [0, 0.1) is 11.3 Å². The van der Waals surface area contributed by atoms with Crippen molar-refractivity contribution < 1.29 is 14.3 Å². The van der Waals surface area contributed by atoms with Crippen LogP contribution in [-0.4, -0.2) is 37.6 Å². The molecule has 3 N–H and O–H groups in total. The number of hydrogen-bond acceptors (Lipinski definition) is 6. The molecule has 7 nitrogen and oxygen atoms in total. The first-order valence-electron chi connectivity index (χ1n) is 8.67. The number of nitriles is 1. The van der Waals surface area contributed by atoms with Gasteiger partial charge in [0.15, 0.2) is 0 Å². The lowest BCUT2D eigenvalue weighted by Crippen LogP contribution is -2.32. The van der Waals surface area contributed by atoms with E-state index in [1.807, 2.05) is 6.07 Å². The van der Waals surface area contributed by atoms with Gasteiger partial charge in [-0.1, -0.05) is 12.1 Å². The molecule has 1 atom stereocenters. The van der Waals surface area contributed by atoms with Crippen LogP contribution in [0.3, 0.4) is 0 Å². The number of thiophene rings is 1. The maximum atomic E-state index is 12.5. The van der Waals surface area contributed by atoms with Crippen LogP contribution in [0.25, 0.3) is 0 Å². The molecule has 1 aromatic carbocycles. The van der Waals surface area contributed by atoms with Gasteiger partial charge in [-0.15, -0.1) is 11.3 Å². The Morgan fingerprint density at radius 3 is 2.93 bits per heavy atom. The van der Waals surface area contributed by atoms with Crippen molar-refractivity contribution >= 4 is 33.8 Å². The van der Waals surface area contributed by atoms with E-state index in [2.05, 4.69) is 16.0 Å². The van der Waals surface area contributed by atoms with Gasteiger partial charge in [0.05, 0.1) is 23.8 Å². The number of carbonyl (C=O) groups is 2. The Kier molecular flexibility index (Phi) is 6.41. The van der Waals surface area contributed by atoms with Gasteiger partial charge in [0.1, 0.15) is 11.1 Å². The first kappa shape index (κ1) is 18.9. The maximum Gasteiger partial charge on any atom is 0.253 e. The van der Waals surface area contributed by atoms with Gasteiger partial charge in [-0.25, -0.2) is 0 Å². The number of anilines is 2. The average molecular weight is 384 g/mol. The van der Waals surface area contributed by atoms with Crippen molar-refractivity contribution in [1.82, 2.24) is 5.32 Å². The third-order valence-electron chi connectivity index (χ3n) is 4.16. The van der Waals surface area contributed by atoms with Crippen LogP contribution in [0.15, 0.2) is 35.7 Å².